The molecule has 6 nitrogen and oxygen atoms in total. The van der Waals surface area contributed by atoms with Crippen LogP contribution in [-0.2, 0) is 4.74 Å². The molecule has 0 bridgehead atoms. The molecule has 0 saturated carbocycles. The lowest BCUT2D eigenvalue weighted by atomic mass is 10.0. The summed E-state index contributed by atoms with van der Waals surface area (Å²) in [7, 11) is 3.73. The quantitative estimate of drug-likeness (QED) is 0.268. The van der Waals surface area contributed by atoms with Crippen molar-refractivity contribution in [3.63, 3.8) is 0 Å². The monoisotopic (exact) mass is 454 g/mol. The third-order valence-electron chi connectivity index (χ3n) is 3.26. The van der Waals surface area contributed by atoms with E-state index < -0.39 is 5.60 Å². The summed E-state index contributed by atoms with van der Waals surface area (Å²) >= 11 is 0. The van der Waals surface area contributed by atoms with E-state index in [0.717, 1.165) is 18.9 Å². The summed E-state index contributed by atoms with van der Waals surface area (Å²) in [6.07, 6.45) is 2.23. The first-order valence-corrected chi connectivity index (χ1v) is 8.13. The van der Waals surface area contributed by atoms with E-state index in [9.17, 15) is 4.79 Å². The minimum Gasteiger partial charge on any atom is -0.444 e. The highest BCUT2D eigenvalue weighted by molar-refractivity contribution is 14.0. The van der Waals surface area contributed by atoms with Gasteiger partial charge in [-0.05, 0) is 33.1 Å². The molecule has 0 heterocycles. The van der Waals surface area contributed by atoms with Crippen molar-refractivity contribution in [1.82, 2.24) is 15.5 Å². The van der Waals surface area contributed by atoms with Crippen LogP contribution < -0.4 is 10.6 Å². The number of alkyl carbamates (subject to hydrolysis) is 1. The van der Waals surface area contributed by atoms with Gasteiger partial charge in [-0.15, -0.1) is 30.6 Å². The number of aliphatic imine (C=N–C) groups is 1. The topological polar surface area (TPSA) is 66.0 Å². The van der Waals surface area contributed by atoms with E-state index in [1.54, 1.807) is 13.1 Å². The summed E-state index contributed by atoms with van der Waals surface area (Å²) < 4.78 is 5.34. The predicted molar refractivity (Wildman–Crippen MR) is 112 cm³/mol. The molecule has 1 unspecified atom stereocenters. The van der Waals surface area contributed by atoms with Gasteiger partial charge in [-0.3, -0.25) is 4.99 Å². The van der Waals surface area contributed by atoms with Crippen LogP contribution in [0.4, 0.5) is 4.79 Å². The Morgan fingerprint density at radius 1 is 1.38 bits per heavy atom. The zero-order valence-electron chi connectivity index (χ0n) is 16.2. The van der Waals surface area contributed by atoms with Crippen LogP contribution in [0.25, 0.3) is 0 Å². The number of carbonyl (C=O) groups excluding carboxylic acids is 1. The van der Waals surface area contributed by atoms with Gasteiger partial charge in [0.05, 0.1) is 0 Å². The summed E-state index contributed by atoms with van der Waals surface area (Å²) in [5.41, 5.74) is -0.487. The molecule has 0 fully saturated rings. The summed E-state index contributed by atoms with van der Waals surface area (Å²) in [5, 5.41) is 6.15. The molecule has 2 N–H and O–H groups in total. The van der Waals surface area contributed by atoms with Crippen LogP contribution in [0.5, 0.6) is 0 Å². The van der Waals surface area contributed by atoms with Crippen LogP contribution in [-0.4, -0.2) is 55.8 Å². The fourth-order valence-electron chi connectivity index (χ4n) is 2.02. The SMILES string of the molecule is C=CCNC(=NC)N(C)CCC(NC(=O)OC(C)(C)C)C(C)C.I. The van der Waals surface area contributed by atoms with Crippen molar-refractivity contribution in [2.75, 3.05) is 27.2 Å². The second-order valence-corrected chi connectivity index (χ2v) is 6.92. The van der Waals surface area contributed by atoms with Crippen LogP contribution in [0.15, 0.2) is 17.6 Å². The molecule has 0 rings (SSSR count). The van der Waals surface area contributed by atoms with E-state index in [1.807, 2.05) is 32.7 Å². The third-order valence-corrected chi connectivity index (χ3v) is 3.26. The van der Waals surface area contributed by atoms with Gasteiger partial charge in [0.15, 0.2) is 5.96 Å². The van der Waals surface area contributed by atoms with Crippen molar-refractivity contribution in [2.45, 2.75) is 52.7 Å². The Labute approximate surface area is 164 Å². The Kier molecular flexibility index (Phi) is 13.0. The van der Waals surface area contributed by atoms with E-state index in [0.29, 0.717) is 12.5 Å². The van der Waals surface area contributed by atoms with Crippen molar-refractivity contribution < 1.29 is 9.53 Å². The third kappa shape index (κ3) is 11.5. The molecule has 0 spiro atoms. The maximum Gasteiger partial charge on any atom is 0.407 e. The molecule has 1 atom stereocenters. The Morgan fingerprint density at radius 2 is 1.96 bits per heavy atom. The molecule has 7 heteroatoms. The van der Waals surface area contributed by atoms with E-state index in [1.165, 1.54) is 0 Å². The summed E-state index contributed by atoms with van der Waals surface area (Å²) in [6.45, 7) is 14.9. The molecular formula is C17H35IN4O2. The molecular weight excluding hydrogens is 419 g/mol. The van der Waals surface area contributed by atoms with Crippen molar-refractivity contribution in [1.29, 1.82) is 0 Å². The highest BCUT2D eigenvalue weighted by Crippen LogP contribution is 2.11. The van der Waals surface area contributed by atoms with Crippen LogP contribution in [0.3, 0.4) is 0 Å². The fraction of sp³-hybridized carbons (Fsp3) is 0.765. The van der Waals surface area contributed by atoms with Crippen molar-refractivity contribution in [3.8, 4) is 0 Å². The van der Waals surface area contributed by atoms with Crippen molar-refractivity contribution >= 4 is 36.0 Å². The van der Waals surface area contributed by atoms with Gasteiger partial charge in [-0.2, -0.15) is 0 Å². The summed E-state index contributed by atoms with van der Waals surface area (Å²) in [6, 6.07) is 0.0461. The number of hydrogen-bond donors (Lipinski definition) is 2. The molecule has 0 aliphatic heterocycles. The van der Waals surface area contributed by atoms with Gasteiger partial charge in [0, 0.05) is 33.2 Å². The van der Waals surface area contributed by atoms with Gasteiger partial charge in [0.25, 0.3) is 0 Å². The van der Waals surface area contributed by atoms with E-state index in [2.05, 4.69) is 36.1 Å². The standard InChI is InChI=1S/C17H34N4O2.HI/c1-9-11-19-15(18-7)21(8)12-10-14(13(2)3)20-16(22)23-17(4,5)6;/h9,13-14H,1,10-12H2,2-8H3,(H,18,19)(H,20,22);1H. The summed E-state index contributed by atoms with van der Waals surface area (Å²) in [5.74, 6) is 1.13. The average Bonchev–Trinajstić information content (AvgIpc) is 2.41. The molecule has 0 aliphatic rings. The highest BCUT2D eigenvalue weighted by Gasteiger charge is 2.22. The first-order chi connectivity index (χ1) is 10.6. The molecule has 0 aromatic rings. The molecule has 142 valence electrons. The number of nitrogens with zero attached hydrogens (tertiary/aromatic N) is 2. The van der Waals surface area contributed by atoms with E-state index in [4.69, 9.17) is 4.74 Å². The van der Waals surface area contributed by atoms with Gasteiger partial charge in [0.1, 0.15) is 5.60 Å². The van der Waals surface area contributed by atoms with Crippen LogP contribution in [0, 0.1) is 5.92 Å². The Bertz CT molecular complexity index is 406. The normalized spacial score (nSPS) is 12.9. The zero-order chi connectivity index (χ0) is 18.0. The van der Waals surface area contributed by atoms with Crippen LogP contribution in [0.2, 0.25) is 0 Å². The maximum absolute atomic E-state index is 12.0. The summed E-state index contributed by atoms with van der Waals surface area (Å²) in [4.78, 5) is 18.2. The fourth-order valence-corrected chi connectivity index (χ4v) is 2.02. The van der Waals surface area contributed by atoms with Gasteiger partial charge < -0.3 is 20.3 Å². The van der Waals surface area contributed by atoms with Gasteiger partial charge in [-0.1, -0.05) is 19.9 Å². The molecule has 24 heavy (non-hydrogen) atoms. The lowest BCUT2D eigenvalue weighted by Crippen LogP contribution is -2.45. The largest absolute Gasteiger partial charge is 0.444 e. The molecule has 0 aromatic heterocycles. The number of nitrogens with one attached hydrogen (secondary N) is 2. The molecule has 0 radical (unpaired) electrons. The minimum atomic E-state index is -0.487. The smallest absolute Gasteiger partial charge is 0.407 e. The van der Waals surface area contributed by atoms with Crippen LogP contribution in [0.1, 0.15) is 41.0 Å². The zero-order valence-corrected chi connectivity index (χ0v) is 18.5. The Balaban J connectivity index is 0. The Morgan fingerprint density at radius 3 is 2.38 bits per heavy atom. The lowest BCUT2D eigenvalue weighted by Gasteiger charge is -2.28. The second kappa shape index (κ2) is 12.4. The number of carbonyl (C=O) groups is 1. The van der Waals surface area contributed by atoms with Gasteiger partial charge >= 0.3 is 6.09 Å². The van der Waals surface area contributed by atoms with Crippen molar-refractivity contribution in [2.24, 2.45) is 10.9 Å². The molecule has 1 amide bonds. The molecule has 0 aromatic carbocycles. The number of ether oxygens (including phenoxy) is 1. The second-order valence-electron chi connectivity index (χ2n) is 6.92. The van der Waals surface area contributed by atoms with Gasteiger partial charge in [0.2, 0.25) is 0 Å². The lowest BCUT2D eigenvalue weighted by molar-refractivity contribution is 0.0486. The van der Waals surface area contributed by atoms with E-state index >= 15 is 0 Å². The first kappa shape index (κ1) is 25.3. The predicted octanol–water partition coefficient (Wildman–Crippen LogP) is 3.24. The maximum atomic E-state index is 12.0. The first-order valence-electron chi connectivity index (χ1n) is 8.13. The average molecular weight is 454 g/mol. The number of rotatable bonds is 7. The number of halogens is 1. The Hall–Kier alpha value is -0.990. The minimum absolute atomic E-state index is 0. The van der Waals surface area contributed by atoms with Crippen molar-refractivity contribution in [3.05, 3.63) is 12.7 Å². The number of hydrogen-bond acceptors (Lipinski definition) is 3. The van der Waals surface area contributed by atoms with Gasteiger partial charge in [-0.25, -0.2) is 4.79 Å². The van der Waals surface area contributed by atoms with E-state index in [-0.39, 0.29) is 36.1 Å². The number of guanidine groups is 1. The molecule has 0 aliphatic carbocycles. The van der Waals surface area contributed by atoms with Crippen LogP contribution >= 0.6 is 24.0 Å². The highest BCUT2D eigenvalue weighted by atomic mass is 127. The number of amides is 1. The molecule has 0 saturated heterocycles.